The fraction of sp³-hybridized carbons (Fsp3) is 0.0417. The molecule has 6 nitrogen and oxygen atoms in total. The van der Waals surface area contributed by atoms with Crippen LogP contribution in [-0.4, -0.2) is 24.2 Å². The van der Waals surface area contributed by atoms with Gasteiger partial charge in [-0.2, -0.15) is 0 Å². The van der Waals surface area contributed by atoms with Crippen LogP contribution in [-0.2, 0) is 4.79 Å². The van der Waals surface area contributed by atoms with Crippen LogP contribution in [0.4, 0.5) is 5.69 Å². The molecule has 0 radical (unpaired) electrons. The monoisotopic (exact) mass is 430 g/mol. The minimum atomic E-state index is -0.464. The van der Waals surface area contributed by atoms with Gasteiger partial charge >= 0.3 is 5.97 Å². The molecule has 0 bridgehead atoms. The predicted molar refractivity (Wildman–Crippen MR) is 122 cm³/mol. The molecule has 0 aliphatic carbocycles. The van der Waals surface area contributed by atoms with E-state index in [0.717, 1.165) is 0 Å². The highest BCUT2D eigenvalue weighted by molar-refractivity contribution is 8.18. The average Bonchev–Trinajstić information content (AvgIpc) is 3.14. The van der Waals surface area contributed by atoms with Gasteiger partial charge in [-0.25, -0.2) is 9.79 Å². The van der Waals surface area contributed by atoms with Gasteiger partial charge in [0.15, 0.2) is 5.17 Å². The van der Waals surface area contributed by atoms with E-state index in [1.165, 1.54) is 11.8 Å². The van der Waals surface area contributed by atoms with E-state index >= 15 is 0 Å². The number of hydrogen-bond acceptors (Lipinski definition) is 6. The molecule has 3 aromatic rings. The summed E-state index contributed by atoms with van der Waals surface area (Å²) in [7, 11) is 1.57. The van der Waals surface area contributed by atoms with Crippen LogP contribution in [0, 0.1) is 0 Å². The Kier molecular flexibility index (Phi) is 6.14. The van der Waals surface area contributed by atoms with Crippen LogP contribution in [0.15, 0.2) is 88.8 Å². The molecule has 1 saturated heterocycles. The number of amidine groups is 1. The number of thioether (sulfide) groups is 1. The lowest BCUT2D eigenvalue weighted by molar-refractivity contribution is -0.115. The molecule has 31 heavy (non-hydrogen) atoms. The van der Waals surface area contributed by atoms with Gasteiger partial charge in [0.2, 0.25) is 0 Å². The van der Waals surface area contributed by atoms with Gasteiger partial charge in [-0.1, -0.05) is 48.5 Å². The summed E-state index contributed by atoms with van der Waals surface area (Å²) in [5, 5.41) is 3.20. The average molecular weight is 430 g/mol. The van der Waals surface area contributed by atoms with E-state index in [-0.39, 0.29) is 5.91 Å². The Morgan fingerprint density at radius 2 is 1.61 bits per heavy atom. The van der Waals surface area contributed by atoms with Crippen molar-refractivity contribution in [3.63, 3.8) is 0 Å². The maximum Gasteiger partial charge on any atom is 0.343 e. The quantitative estimate of drug-likeness (QED) is 0.357. The zero-order valence-electron chi connectivity index (χ0n) is 16.6. The fourth-order valence-corrected chi connectivity index (χ4v) is 3.70. The van der Waals surface area contributed by atoms with Crippen molar-refractivity contribution in [3.8, 4) is 11.5 Å². The number of para-hydroxylation sites is 3. The van der Waals surface area contributed by atoms with Crippen LogP contribution in [0.3, 0.4) is 0 Å². The van der Waals surface area contributed by atoms with E-state index in [9.17, 15) is 9.59 Å². The van der Waals surface area contributed by atoms with E-state index in [2.05, 4.69) is 10.3 Å². The molecule has 4 rings (SSSR count). The molecular weight excluding hydrogens is 412 g/mol. The summed E-state index contributed by atoms with van der Waals surface area (Å²) in [6.45, 7) is 0. The van der Waals surface area contributed by atoms with Crippen LogP contribution in [0.5, 0.6) is 11.5 Å². The van der Waals surface area contributed by atoms with Crippen LogP contribution >= 0.6 is 11.8 Å². The highest BCUT2D eigenvalue weighted by Gasteiger charge is 2.25. The van der Waals surface area contributed by atoms with Gasteiger partial charge in [-0.05, 0) is 48.2 Å². The van der Waals surface area contributed by atoms with Crippen molar-refractivity contribution in [1.29, 1.82) is 0 Å². The van der Waals surface area contributed by atoms with Gasteiger partial charge < -0.3 is 14.8 Å². The SMILES string of the molecule is COc1ccccc1N=C1NC(=O)/C(=C/c2ccccc2OC(=O)c2ccccc2)S1. The summed E-state index contributed by atoms with van der Waals surface area (Å²) in [5.41, 5.74) is 1.68. The number of carbonyl (C=O) groups is 2. The first-order chi connectivity index (χ1) is 15.1. The van der Waals surface area contributed by atoms with Crippen LogP contribution < -0.4 is 14.8 Å². The first-order valence-corrected chi connectivity index (χ1v) is 10.2. The van der Waals surface area contributed by atoms with Crippen LogP contribution in [0.2, 0.25) is 0 Å². The third-order valence-corrected chi connectivity index (χ3v) is 5.29. The summed E-state index contributed by atoms with van der Waals surface area (Å²) in [6.07, 6.45) is 1.68. The maximum absolute atomic E-state index is 12.5. The van der Waals surface area contributed by atoms with Crippen LogP contribution in [0.25, 0.3) is 6.08 Å². The molecule has 0 unspecified atom stereocenters. The molecule has 1 heterocycles. The van der Waals surface area contributed by atoms with Gasteiger partial charge in [-0.15, -0.1) is 0 Å². The number of aliphatic imine (C=N–C) groups is 1. The van der Waals surface area contributed by atoms with Crippen molar-refractivity contribution < 1.29 is 19.1 Å². The lowest BCUT2D eigenvalue weighted by Gasteiger charge is -2.07. The number of nitrogens with one attached hydrogen (secondary N) is 1. The number of methoxy groups -OCH3 is 1. The Hall–Kier alpha value is -3.84. The van der Waals surface area contributed by atoms with Gasteiger partial charge in [0.05, 0.1) is 17.6 Å². The molecule has 7 heteroatoms. The molecule has 0 atom stereocenters. The number of amides is 1. The highest BCUT2D eigenvalue weighted by Crippen LogP contribution is 2.33. The van der Waals surface area contributed by atoms with Gasteiger partial charge in [-0.3, -0.25) is 4.79 Å². The smallest absolute Gasteiger partial charge is 0.343 e. The first-order valence-electron chi connectivity index (χ1n) is 9.43. The summed E-state index contributed by atoms with van der Waals surface area (Å²) < 4.78 is 10.9. The largest absolute Gasteiger partial charge is 0.494 e. The summed E-state index contributed by atoms with van der Waals surface area (Å²) in [4.78, 5) is 29.8. The molecule has 1 fully saturated rings. The standard InChI is InChI=1S/C24H18N2O4S/c1-29-20-14-8-6-12-18(20)25-24-26-22(27)21(31-24)15-17-11-5-7-13-19(17)30-23(28)16-9-3-2-4-10-16/h2-15H,1H3,(H,25,26,27)/b21-15-. The van der Waals surface area contributed by atoms with Gasteiger partial charge in [0.1, 0.15) is 17.2 Å². The Balaban J connectivity index is 1.57. The molecule has 1 aliphatic rings. The number of nitrogens with zero attached hydrogens (tertiary/aromatic N) is 1. The molecule has 1 aliphatic heterocycles. The maximum atomic E-state index is 12.5. The first kappa shape index (κ1) is 20.4. The third kappa shape index (κ3) is 4.84. The summed E-state index contributed by atoms with van der Waals surface area (Å²) in [6, 6.07) is 23.1. The minimum Gasteiger partial charge on any atom is -0.494 e. The molecule has 0 aromatic heterocycles. The lowest BCUT2D eigenvalue weighted by Crippen LogP contribution is -2.19. The number of esters is 1. The van der Waals surface area contributed by atoms with E-state index in [0.29, 0.717) is 38.4 Å². The number of rotatable bonds is 5. The second-order valence-electron chi connectivity index (χ2n) is 6.45. The Labute approximate surface area is 183 Å². The summed E-state index contributed by atoms with van der Waals surface area (Å²) >= 11 is 1.21. The van der Waals surface area contributed by atoms with E-state index in [1.807, 2.05) is 24.3 Å². The van der Waals surface area contributed by atoms with Gasteiger partial charge in [0, 0.05) is 5.56 Å². The number of carbonyl (C=O) groups excluding carboxylic acids is 2. The second-order valence-corrected chi connectivity index (χ2v) is 7.48. The zero-order chi connectivity index (χ0) is 21.6. The van der Waals surface area contributed by atoms with Crippen molar-refractivity contribution >= 4 is 40.6 Å². The topological polar surface area (TPSA) is 77.0 Å². The van der Waals surface area contributed by atoms with Crippen molar-refractivity contribution in [2.75, 3.05) is 7.11 Å². The number of ether oxygens (including phenoxy) is 2. The molecular formula is C24H18N2O4S. The van der Waals surface area contributed by atoms with Crippen LogP contribution in [0.1, 0.15) is 15.9 Å². The molecule has 0 saturated carbocycles. The highest BCUT2D eigenvalue weighted by atomic mass is 32.2. The Morgan fingerprint density at radius 3 is 2.39 bits per heavy atom. The van der Waals surface area contributed by atoms with Crippen molar-refractivity contribution in [3.05, 3.63) is 94.9 Å². The molecule has 1 N–H and O–H groups in total. The summed E-state index contributed by atoms with van der Waals surface area (Å²) in [5.74, 6) is 0.240. The number of benzene rings is 3. The predicted octanol–water partition coefficient (Wildman–Crippen LogP) is 4.81. The Morgan fingerprint density at radius 1 is 0.935 bits per heavy atom. The Bertz CT molecular complexity index is 1190. The number of hydrogen-bond donors (Lipinski definition) is 1. The van der Waals surface area contributed by atoms with Gasteiger partial charge in [0.25, 0.3) is 5.91 Å². The third-order valence-electron chi connectivity index (χ3n) is 4.38. The lowest BCUT2D eigenvalue weighted by atomic mass is 10.1. The fourth-order valence-electron chi connectivity index (χ4n) is 2.88. The van der Waals surface area contributed by atoms with E-state index in [1.54, 1.807) is 67.8 Å². The second kappa shape index (κ2) is 9.32. The molecule has 0 spiro atoms. The van der Waals surface area contributed by atoms with E-state index in [4.69, 9.17) is 9.47 Å². The van der Waals surface area contributed by atoms with Crippen molar-refractivity contribution in [2.45, 2.75) is 0 Å². The molecule has 3 aromatic carbocycles. The molecule has 1 amide bonds. The zero-order valence-corrected chi connectivity index (χ0v) is 17.4. The van der Waals surface area contributed by atoms with Crippen molar-refractivity contribution in [2.24, 2.45) is 4.99 Å². The molecule has 154 valence electrons. The minimum absolute atomic E-state index is 0.275. The van der Waals surface area contributed by atoms with Crippen molar-refractivity contribution in [1.82, 2.24) is 5.32 Å². The normalized spacial score (nSPS) is 15.7. The van der Waals surface area contributed by atoms with E-state index < -0.39 is 5.97 Å².